The molecule has 2 amide bonds. The molecule has 2 atom stereocenters. The van der Waals surface area contributed by atoms with Crippen LogP contribution in [0, 0.1) is 0 Å². The number of carbonyl (C=O) groups is 2. The Kier molecular flexibility index (Phi) is 8.19. The molecule has 7 nitrogen and oxygen atoms in total. The predicted molar refractivity (Wildman–Crippen MR) is 149 cm³/mol. The number of halogens is 2. The van der Waals surface area contributed by atoms with E-state index in [9.17, 15) is 9.59 Å². The van der Waals surface area contributed by atoms with Crippen molar-refractivity contribution in [2.24, 2.45) is 0 Å². The maximum absolute atomic E-state index is 13.6. The van der Waals surface area contributed by atoms with Gasteiger partial charge in [-0.2, -0.15) is 0 Å². The van der Waals surface area contributed by atoms with E-state index >= 15 is 0 Å². The van der Waals surface area contributed by atoms with E-state index in [2.05, 4.69) is 46.6 Å². The van der Waals surface area contributed by atoms with Crippen LogP contribution in [0.2, 0.25) is 10.0 Å². The monoisotopic (exact) mass is 553 g/mol. The molecule has 1 N–H and O–H groups in total. The van der Waals surface area contributed by atoms with Crippen molar-refractivity contribution in [3.05, 3.63) is 82.3 Å². The molecule has 3 aromatic rings. The van der Waals surface area contributed by atoms with Crippen molar-refractivity contribution in [2.45, 2.75) is 19.0 Å². The second kappa shape index (κ2) is 11.7. The summed E-state index contributed by atoms with van der Waals surface area (Å²) < 4.78 is 11.1. The van der Waals surface area contributed by atoms with Crippen LogP contribution in [0.5, 0.6) is 5.75 Å². The highest BCUT2D eigenvalue weighted by atomic mass is 35.5. The maximum atomic E-state index is 13.6. The average molecular weight is 554 g/mol. The van der Waals surface area contributed by atoms with Gasteiger partial charge in [0.1, 0.15) is 11.8 Å². The Labute approximate surface area is 232 Å². The van der Waals surface area contributed by atoms with E-state index in [1.165, 1.54) is 4.90 Å². The fourth-order valence-electron chi connectivity index (χ4n) is 4.81. The van der Waals surface area contributed by atoms with Crippen LogP contribution in [0.15, 0.2) is 66.7 Å². The molecule has 2 aliphatic heterocycles. The van der Waals surface area contributed by atoms with Gasteiger partial charge < -0.3 is 14.8 Å². The zero-order chi connectivity index (χ0) is 26.6. The number of rotatable bonds is 7. The second-order valence-electron chi connectivity index (χ2n) is 9.42. The van der Waals surface area contributed by atoms with Crippen molar-refractivity contribution in [1.29, 1.82) is 0 Å². The van der Waals surface area contributed by atoms with Crippen LogP contribution < -0.4 is 15.0 Å². The molecule has 1 saturated heterocycles. The van der Waals surface area contributed by atoms with Crippen LogP contribution in [0.1, 0.15) is 18.5 Å². The summed E-state index contributed by atoms with van der Waals surface area (Å²) in [6, 6.07) is 20.5. The Hall–Kier alpha value is -3.10. The van der Waals surface area contributed by atoms with Crippen molar-refractivity contribution in [2.75, 3.05) is 44.4 Å². The molecule has 0 bridgehead atoms. The number of benzene rings is 3. The fraction of sp³-hybridized carbons (Fsp3) is 0.310. The molecule has 0 radical (unpaired) electrons. The summed E-state index contributed by atoms with van der Waals surface area (Å²) in [5.41, 5.74) is 3.64. The molecule has 198 valence electrons. The SMILES string of the molecule is CC(C(=O)NC(CN1CCOCC1)c1ccc(-c2ccccc2)cc1)N1C(=O)COc2cc(Cl)c(Cl)cc21. The Morgan fingerprint density at radius 1 is 0.974 bits per heavy atom. The first-order valence-corrected chi connectivity index (χ1v) is 13.4. The first kappa shape index (κ1) is 26.5. The van der Waals surface area contributed by atoms with Gasteiger partial charge in [-0.3, -0.25) is 19.4 Å². The smallest absolute Gasteiger partial charge is 0.265 e. The van der Waals surface area contributed by atoms with Crippen LogP contribution in [0.4, 0.5) is 5.69 Å². The highest BCUT2D eigenvalue weighted by Gasteiger charge is 2.35. The number of nitrogens with zero attached hydrogens (tertiary/aromatic N) is 2. The van der Waals surface area contributed by atoms with E-state index in [1.54, 1.807) is 19.1 Å². The molecule has 2 heterocycles. The van der Waals surface area contributed by atoms with Gasteiger partial charge >= 0.3 is 0 Å². The number of morpholine rings is 1. The first-order chi connectivity index (χ1) is 18.4. The van der Waals surface area contributed by atoms with Crippen LogP contribution >= 0.6 is 23.2 Å². The highest BCUT2D eigenvalue weighted by Crippen LogP contribution is 2.39. The van der Waals surface area contributed by atoms with E-state index in [-0.39, 0.29) is 29.5 Å². The number of anilines is 1. The molecule has 5 rings (SSSR count). The van der Waals surface area contributed by atoms with E-state index in [1.807, 2.05) is 18.2 Å². The van der Waals surface area contributed by atoms with Gasteiger partial charge in [0.2, 0.25) is 5.91 Å². The summed E-state index contributed by atoms with van der Waals surface area (Å²) in [6.45, 7) is 5.05. The molecule has 0 spiro atoms. The van der Waals surface area contributed by atoms with Gasteiger partial charge in [-0.25, -0.2) is 0 Å². The van der Waals surface area contributed by atoms with Crippen molar-refractivity contribution >= 4 is 40.7 Å². The highest BCUT2D eigenvalue weighted by molar-refractivity contribution is 6.42. The number of hydrogen-bond donors (Lipinski definition) is 1. The lowest BCUT2D eigenvalue weighted by Crippen LogP contribution is -2.53. The van der Waals surface area contributed by atoms with Gasteiger partial charge in [0.15, 0.2) is 6.61 Å². The Bertz CT molecular complexity index is 1300. The molecule has 2 aliphatic rings. The molecule has 2 unspecified atom stereocenters. The summed E-state index contributed by atoms with van der Waals surface area (Å²) in [6.07, 6.45) is 0. The molecule has 9 heteroatoms. The van der Waals surface area contributed by atoms with E-state index in [0.29, 0.717) is 36.2 Å². The third-order valence-electron chi connectivity index (χ3n) is 6.93. The van der Waals surface area contributed by atoms with Crippen molar-refractivity contribution in [3.63, 3.8) is 0 Å². The molecule has 38 heavy (non-hydrogen) atoms. The van der Waals surface area contributed by atoms with Crippen LogP contribution in [-0.2, 0) is 14.3 Å². The van der Waals surface area contributed by atoms with Crippen LogP contribution in [0.3, 0.4) is 0 Å². The number of carbonyl (C=O) groups excluding carboxylic acids is 2. The van der Waals surface area contributed by atoms with Crippen molar-refractivity contribution in [3.8, 4) is 16.9 Å². The molecular formula is C29H29Cl2N3O4. The van der Waals surface area contributed by atoms with Gasteiger partial charge in [-0.05, 0) is 29.7 Å². The lowest BCUT2D eigenvalue weighted by Gasteiger charge is -2.35. The minimum atomic E-state index is -0.793. The Morgan fingerprint density at radius 3 is 2.34 bits per heavy atom. The normalized spacial score (nSPS) is 17.3. The van der Waals surface area contributed by atoms with Crippen LogP contribution in [-0.4, -0.2) is 62.2 Å². The minimum absolute atomic E-state index is 0.180. The molecule has 0 aromatic heterocycles. The van der Waals surface area contributed by atoms with Gasteiger partial charge in [-0.1, -0.05) is 77.8 Å². The maximum Gasteiger partial charge on any atom is 0.265 e. The number of fused-ring (bicyclic) bond motifs is 1. The number of nitrogens with one attached hydrogen (secondary N) is 1. The minimum Gasteiger partial charge on any atom is -0.482 e. The first-order valence-electron chi connectivity index (χ1n) is 12.6. The molecule has 0 aliphatic carbocycles. The fourth-order valence-corrected chi connectivity index (χ4v) is 5.13. The van der Waals surface area contributed by atoms with E-state index in [4.69, 9.17) is 32.7 Å². The van der Waals surface area contributed by atoms with E-state index < -0.39 is 6.04 Å². The average Bonchev–Trinajstić information content (AvgIpc) is 2.94. The summed E-state index contributed by atoms with van der Waals surface area (Å²) in [5.74, 6) is -0.182. The summed E-state index contributed by atoms with van der Waals surface area (Å²) in [5, 5.41) is 3.80. The van der Waals surface area contributed by atoms with Gasteiger partial charge in [0.05, 0.1) is 35.0 Å². The molecule has 3 aromatic carbocycles. The van der Waals surface area contributed by atoms with E-state index in [0.717, 1.165) is 29.8 Å². The van der Waals surface area contributed by atoms with Gasteiger partial charge in [-0.15, -0.1) is 0 Å². The second-order valence-corrected chi connectivity index (χ2v) is 10.2. The lowest BCUT2D eigenvalue weighted by molar-refractivity contribution is -0.128. The Morgan fingerprint density at radius 2 is 1.63 bits per heavy atom. The largest absolute Gasteiger partial charge is 0.482 e. The molecular weight excluding hydrogens is 525 g/mol. The number of ether oxygens (including phenoxy) is 2. The Balaban J connectivity index is 1.39. The summed E-state index contributed by atoms with van der Waals surface area (Å²) in [7, 11) is 0. The third kappa shape index (κ3) is 5.81. The quantitative estimate of drug-likeness (QED) is 0.447. The van der Waals surface area contributed by atoms with Crippen molar-refractivity contribution < 1.29 is 19.1 Å². The van der Waals surface area contributed by atoms with Gasteiger partial charge in [0.25, 0.3) is 5.91 Å². The van der Waals surface area contributed by atoms with Gasteiger partial charge in [0, 0.05) is 25.7 Å². The number of hydrogen-bond acceptors (Lipinski definition) is 5. The predicted octanol–water partition coefficient (Wildman–Crippen LogP) is 4.96. The standard InChI is InChI=1S/C29H29Cl2N3O4/c1-19(34-26-15-23(30)24(31)16-27(26)38-18-28(34)35)29(36)32-25(17-33-11-13-37-14-12-33)22-9-7-21(8-10-22)20-5-3-2-4-6-20/h2-10,15-16,19,25H,11-14,17-18H2,1H3,(H,32,36). The topological polar surface area (TPSA) is 71.1 Å². The molecule has 1 fully saturated rings. The number of amides is 2. The summed E-state index contributed by atoms with van der Waals surface area (Å²) in [4.78, 5) is 30.2. The zero-order valence-corrected chi connectivity index (χ0v) is 22.5. The third-order valence-corrected chi connectivity index (χ3v) is 7.65. The zero-order valence-electron chi connectivity index (χ0n) is 21.0. The lowest BCUT2D eigenvalue weighted by atomic mass is 10.00. The van der Waals surface area contributed by atoms with Crippen LogP contribution in [0.25, 0.3) is 11.1 Å². The van der Waals surface area contributed by atoms with Crippen molar-refractivity contribution in [1.82, 2.24) is 10.2 Å². The molecule has 0 saturated carbocycles. The summed E-state index contributed by atoms with van der Waals surface area (Å²) >= 11 is 12.4.